The number of fused-ring (bicyclic) bond motifs is 1. The molecule has 144 valence electrons. The van der Waals surface area contributed by atoms with E-state index >= 15 is 0 Å². The molecular weight excluding hydrogens is 354 g/mol. The van der Waals surface area contributed by atoms with E-state index in [1.807, 2.05) is 26.0 Å². The van der Waals surface area contributed by atoms with E-state index in [0.29, 0.717) is 22.0 Å². The van der Waals surface area contributed by atoms with Gasteiger partial charge in [0.2, 0.25) is 5.56 Å². The molecule has 3 N–H and O–H groups in total. The molecule has 0 spiro atoms. The lowest BCUT2D eigenvalue weighted by molar-refractivity contribution is 0.0937. The SMILES string of the molecule is CCC(C)NC(=O)c1cccc(CNC(=O)c2cc(=O)[nH]c3ccccc23)c1. The summed E-state index contributed by atoms with van der Waals surface area (Å²) in [5.41, 5.74) is 1.97. The summed E-state index contributed by atoms with van der Waals surface area (Å²) in [4.78, 5) is 39.5. The highest BCUT2D eigenvalue weighted by Gasteiger charge is 2.12. The zero-order chi connectivity index (χ0) is 20.1. The van der Waals surface area contributed by atoms with Gasteiger partial charge in [-0.25, -0.2) is 0 Å². The molecular formula is C22H23N3O3. The summed E-state index contributed by atoms with van der Waals surface area (Å²) < 4.78 is 0. The Morgan fingerprint density at radius 2 is 1.82 bits per heavy atom. The minimum atomic E-state index is -0.336. The van der Waals surface area contributed by atoms with E-state index in [-0.39, 0.29) is 30.0 Å². The zero-order valence-corrected chi connectivity index (χ0v) is 15.9. The lowest BCUT2D eigenvalue weighted by Gasteiger charge is -2.12. The number of pyridine rings is 1. The van der Waals surface area contributed by atoms with Gasteiger partial charge in [-0.05, 0) is 37.1 Å². The Morgan fingerprint density at radius 1 is 1.04 bits per heavy atom. The van der Waals surface area contributed by atoms with Gasteiger partial charge in [0.25, 0.3) is 11.8 Å². The Kier molecular flexibility index (Phi) is 5.89. The van der Waals surface area contributed by atoms with Gasteiger partial charge in [-0.2, -0.15) is 0 Å². The van der Waals surface area contributed by atoms with Crippen LogP contribution < -0.4 is 16.2 Å². The number of hydrogen-bond donors (Lipinski definition) is 3. The number of rotatable bonds is 6. The number of carbonyl (C=O) groups excluding carboxylic acids is 2. The predicted molar refractivity (Wildman–Crippen MR) is 109 cm³/mol. The molecule has 0 saturated carbocycles. The number of para-hydroxylation sites is 1. The summed E-state index contributed by atoms with van der Waals surface area (Å²) in [6.07, 6.45) is 0.853. The summed E-state index contributed by atoms with van der Waals surface area (Å²) in [5, 5.41) is 6.44. The van der Waals surface area contributed by atoms with Crippen LogP contribution in [0.2, 0.25) is 0 Å². The first kappa shape index (κ1) is 19.4. The van der Waals surface area contributed by atoms with Crippen LogP contribution in [0.25, 0.3) is 10.9 Å². The molecule has 1 aromatic heterocycles. The summed E-state index contributed by atoms with van der Waals surface area (Å²) in [6, 6.07) is 15.7. The van der Waals surface area contributed by atoms with Crippen LogP contribution in [0.1, 0.15) is 46.5 Å². The third-order valence-corrected chi connectivity index (χ3v) is 4.63. The van der Waals surface area contributed by atoms with Crippen LogP contribution in [0.5, 0.6) is 0 Å². The highest BCUT2D eigenvalue weighted by atomic mass is 16.2. The smallest absolute Gasteiger partial charge is 0.252 e. The van der Waals surface area contributed by atoms with Gasteiger partial charge < -0.3 is 15.6 Å². The number of nitrogens with one attached hydrogen (secondary N) is 3. The number of aromatic amines is 1. The maximum Gasteiger partial charge on any atom is 0.252 e. The van der Waals surface area contributed by atoms with E-state index in [0.717, 1.165) is 12.0 Å². The molecule has 0 aliphatic heterocycles. The molecule has 0 aliphatic carbocycles. The minimum Gasteiger partial charge on any atom is -0.350 e. The Morgan fingerprint density at radius 3 is 2.61 bits per heavy atom. The third kappa shape index (κ3) is 4.46. The van der Waals surface area contributed by atoms with Crippen molar-refractivity contribution in [3.05, 3.63) is 81.6 Å². The van der Waals surface area contributed by atoms with Crippen molar-refractivity contribution in [2.75, 3.05) is 0 Å². The maximum atomic E-state index is 12.6. The predicted octanol–water partition coefficient (Wildman–Crippen LogP) is 2.99. The molecule has 0 saturated heterocycles. The molecule has 1 heterocycles. The Balaban J connectivity index is 1.75. The minimum absolute atomic E-state index is 0.0975. The van der Waals surface area contributed by atoms with Gasteiger partial charge in [0, 0.05) is 35.1 Å². The van der Waals surface area contributed by atoms with Crippen molar-refractivity contribution in [3.8, 4) is 0 Å². The number of aromatic nitrogens is 1. The second kappa shape index (κ2) is 8.52. The fourth-order valence-electron chi connectivity index (χ4n) is 2.90. The first-order chi connectivity index (χ1) is 13.5. The van der Waals surface area contributed by atoms with Gasteiger partial charge in [0.15, 0.2) is 0 Å². The fraction of sp³-hybridized carbons (Fsp3) is 0.227. The number of amides is 2. The highest BCUT2D eigenvalue weighted by molar-refractivity contribution is 6.05. The molecule has 28 heavy (non-hydrogen) atoms. The highest BCUT2D eigenvalue weighted by Crippen LogP contribution is 2.14. The van der Waals surface area contributed by atoms with E-state index in [1.54, 1.807) is 36.4 Å². The van der Waals surface area contributed by atoms with E-state index in [1.165, 1.54) is 6.07 Å². The van der Waals surface area contributed by atoms with Gasteiger partial charge in [-0.1, -0.05) is 37.3 Å². The molecule has 3 aromatic rings. The van der Waals surface area contributed by atoms with Gasteiger partial charge in [0.1, 0.15) is 0 Å². The molecule has 3 rings (SSSR count). The fourth-order valence-corrected chi connectivity index (χ4v) is 2.90. The maximum absolute atomic E-state index is 12.6. The zero-order valence-electron chi connectivity index (χ0n) is 15.9. The average Bonchev–Trinajstić information content (AvgIpc) is 2.71. The monoisotopic (exact) mass is 377 g/mol. The quantitative estimate of drug-likeness (QED) is 0.617. The van der Waals surface area contributed by atoms with E-state index < -0.39 is 0 Å². The van der Waals surface area contributed by atoms with Crippen molar-refractivity contribution < 1.29 is 9.59 Å². The van der Waals surface area contributed by atoms with Crippen molar-refractivity contribution in [1.29, 1.82) is 0 Å². The second-order valence-electron chi connectivity index (χ2n) is 6.76. The van der Waals surface area contributed by atoms with Crippen molar-refractivity contribution >= 4 is 22.7 Å². The Labute approximate surface area is 163 Å². The van der Waals surface area contributed by atoms with E-state index in [2.05, 4.69) is 15.6 Å². The first-order valence-electron chi connectivity index (χ1n) is 9.28. The number of H-pyrrole nitrogens is 1. The van der Waals surface area contributed by atoms with Crippen LogP contribution in [-0.4, -0.2) is 22.8 Å². The summed E-state index contributed by atoms with van der Waals surface area (Å²) in [7, 11) is 0. The van der Waals surface area contributed by atoms with Gasteiger partial charge in [-0.3, -0.25) is 14.4 Å². The van der Waals surface area contributed by atoms with Crippen LogP contribution in [0, 0.1) is 0 Å². The second-order valence-corrected chi connectivity index (χ2v) is 6.76. The van der Waals surface area contributed by atoms with Crippen molar-refractivity contribution in [2.45, 2.75) is 32.9 Å². The molecule has 0 aliphatic rings. The lowest BCUT2D eigenvalue weighted by atomic mass is 10.1. The first-order valence-corrected chi connectivity index (χ1v) is 9.28. The molecule has 0 bridgehead atoms. The van der Waals surface area contributed by atoms with Gasteiger partial charge in [-0.15, -0.1) is 0 Å². The molecule has 6 heteroatoms. The number of benzene rings is 2. The molecule has 1 unspecified atom stereocenters. The van der Waals surface area contributed by atoms with Gasteiger partial charge in [0.05, 0.1) is 5.56 Å². The molecule has 0 radical (unpaired) electrons. The summed E-state index contributed by atoms with van der Waals surface area (Å²) in [5.74, 6) is -0.472. The molecule has 2 amide bonds. The van der Waals surface area contributed by atoms with Gasteiger partial charge >= 0.3 is 0 Å². The molecule has 2 aromatic carbocycles. The molecule has 6 nitrogen and oxygen atoms in total. The van der Waals surface area contributed by atoms with Crippen LogP contribution in [0.15, 0.2) is 59.4 Å². The topological polar surface area (TPSA) is 91.1 Å². The lowest BCUT2D eigenvalue weighted by Crippen LogP contribution is -2.32. The normalized spacial score (nSPS) is 11.8. The number of carbonyl (C=O) groups is 2. The summed E-state index contributed by atoms with van der Waals surface area (Å²) >= 11 is 0. The van der Waals surface area contributed by atoms with Crippen LogP contribution in [-0.2, 0) is 6.54 Å². The largest absolute Gasteiger partial charge is 0.350 e. The summed E-state index contributed by atoms with van der Waals surface area (Å²) in [6.45, 7) is 4.22. The van der Waals surface area contributed by atoms with Crippen LogP contribution >= 0.6 is 0 Å². The van der Waals surface area contributed by atoms with Crippen LogP contribution in [0.4, 0.5) is 0 Å². The van der Waals surface area contributed by atoms with Crippen molar-refractivity contribution in [3.63, 3.8) is 0 Å². The third-order valence-electron chi connectivity index (χ3n) is 4.63. The van der Waals surface area contributed by atoms with Crippen molar-refractivity contribution in [2.24, 2.45) is 0 Å². The van der Waals surface area contributed by atoms with E-state index in [4.69, 9.17) is 0 Å². The standard InChI is InChI=1S/C22H23N3O3/c1-3-14(2)24-21(27)16-8-6-7-15(11-16)13-23-22(28)18-12-20(26)25-19-10-5-4-9-17(18)19/h4-12,14H,3,13H2,1-2H3,(H,23,28)(H,24,27)(H,25,26). The average molecular weight is 377 g/mol. The molecule has 1 atom stereocenters. The molecule has 0 fully saturated rings. The number of hydrogen-bond acceptors (Lipinski definition) is 3. The Bertz CT molecular complexity index is 1070. The van der Waals surface area contributed by atoms with Crippen molar-refractivity contribution in [1.82, 2.24) is 15.6 Å². The van der Waals surface area contributed by atoms with Crippen LogP contribution in [0.3, 0.4) is 0 Å². The van der Waals surface area contributed by atoms with E-state index in [9.17, 15) is 14.4 Å². The Hall–Kier alpha value is -3.41.